The maximum absolute atomic E-state index is 12.4. The van der Waals surface area contributed by atoms with E-state index in [-0.39, 0.29) is 19.0 Å². The molecular formula is C20H22ClN3O4. The van der Waals surface area contributed by atoms with Crippen LogP contribution in [-0.4, -0.2) is 36.3 Å². The fourth-order valence-electron chi connectivity index (χ4n) is 2.59. The topological polar surface area (TPSA) is 82.6 Å². The summed E-state index contributed by atoms with van der Waals surface area (Å²) in [6.07, 6.45) is 1.49. The van der Waals surface area contributed by atoms with Gasteiger partial charge in [0.1, 0.15) is 16.8 Å². The minimum Gasteiger partial charge on any atom is -0.497 e. The first-order chi connectivity index (χ1) is 13.2. The van der Waals surface area contributed by atoms with Crippen molar-refractivity contribution in [2.24, 2.45) is 0 Å². The molecule has 7 nitrogen and oxygen atoms in total. The van der Waals surface area contributed by atoms with E-state index >= 15 is 0 Å². The third-order valence-corrected chi connectivity index (χ3v) is 3.83. The second-order valence-corrected chi connectivity index (χ2v) is 5.57. The number of methoxy groups -OCH3 is 1. The van der Waals surface area contributed by atoms with Gasteiger partial charge in [-0.3, -0.25) is 4.98 Å². The number of hydrogen-bond acceptors (Lipinski definition) is 7. The Balaban J connectivity index is 0.00000280. The summed E-state index contributed by atoms with van der Waals surface area (Å²) < 4.78 is 15.9. The van der Waals surface area contributed by atoms with E-state index < -0.39 is 5.97 Å². The zero-order chi connectivity index (χ0) is 19.2. The standard InChI is InChI=1S/C20H21N3O4.ClH/c1-4-26-17-11-10-16-19(23-17)18(15(12-21-16)20(24)27-5-2)22-13-6-8-14(25-3)9-7-13;/h6-12H,4-5H2,1-3H3,(H,21,22);1H. The predicted octanol–water partition coefficient (Wildman–Crippen LogP) is 4.38. The highest BCUT2D eigenvalue weighted by Gasteiger charge is 2.18. The van der Waals surface area contributed by atoms with Crippen molar-refractivity contribution in [2.75, 3.05) is 25.6 Å². The Bertz CT molecular complexity index is 948. The molecule has 3 rings (SSSR count). The molecule has 0 aliphatic rings. The summed E-state index contributed by atoms with van der Waals surface area (Å²) >= 11 is 0. The van der Waals surface area contributed by atoms with Gasteiger partial charge in [-0.2, -0.15) is 0 Å². The molecule has 0 aliphatic heterocycles. The average molecular weight is 404 g/mol. The van der Waals surface area contributed by atoms with E-state index in [1.54, 1.807) is 20.1 Å². The number of carbonyl (C=O) groups excluding carboxylic acids is 1. The molecule has 148 valence electrons. The number of ether oxygens (including phenoxy) is 3. The number of carbonyl (C=O) groups is 1. The minimum absolute atomic E-state index is 0. The first-order valence-electron chi connectivity index (χ1n) is 8.67. The van der Waals surface area contributed by atoms with Crippen molar-refractivity contribution >= 4 is 40.8 Å². The fourth-order valence-corrected chi connectivity index (χ4v) is 2.59. The van der Waals surface area contributed by atoms with Crippen molar-refractivity contribution < 1.29 is 19.0 Å². The lowest BCUT2D eigenvalue weighted by Gasteiger charge is -2.14. The Morgan fingerprint density at radius 3 is 2.46 bits per heavy atom. The zero-order valence-electron chi connectivity index (χ0n) is 15.9. The number of halogens is 1. The van der Waals surface area contributed by atoms with Crippen LogP contribution >= 0.6 is 12.4 Å². The van der Waals surface area contributed by atoms with Gasteiger partial charge in [0, 0.05) is 18.0 Å². The summed E-state index contributed by atoms with van der Waals surface area (Å²) in [5.41, 5.74) is 2.77. The number of nitrogens with zero attached hydrogens (tertiary/aromatic N) is 2. The molecule has 0 aliphatic carbocycles. The molecule has 0 fully saturated rings. The van der Waals surface area contributed by atoms with Crippen LogP contribution < -0.4 is 14.8 Å². The number of fused-ring (bicyclic) bond motifs is 1. The first-order valence-corrected chi connectivity index (χ1v) is 8.67. The van der Waals surface area contributed by atoms with Gasteiger partial charge in [0.2, 0.25) is 5.88 Å². The van der Waals surface area contributed by atoms with E-state index in [9.17, 15) is 4.79 Å². The highest BCUT2D eigenvalue weighted by molar-refractivity contribution is 6.04. The largest absolute Gasteiger partial charge is 0.497 e. The molecule has 1 aromatic carbocycles. The molecule has 0 atom stereocenters. The van der Waals surface area contributed by atoms with Crippen LogP contribution in [0, 0.1) is 0 Å². The van der Waals surface area contributed by atoms with Gasteiger partial charge in [-0.15, -0.1) is 12.4 Å². The Labute approximate surface area is 169 Å². The number of hydrogen-bond donors (Lipinski definition) is 1. The van der Waals surface area contributed by atoms with Crippen molar-refractivity contribution in [1.29, 1.82) is 0 Å². The van der Waals surface area contributed by atoms with Gasteiger partial charge in [-0.05, 0) is 44.2 Å². The van der Waals surface area contributed by atoms with Crippen molar-refractivity contribution in [3.05, 3.63) is 48.2 Å². The number of nitrogens with one attached hydrogen (secondary N) is 1. The van der Waals surface area contributed by atoms with E-state index in [0.29, 0.717) is 34.8 Å². The monoisotopic (exact) mass is 403 g/mol. The Hall–Kier alpha value is -3.06. The fraction of sp³-hybridized carbons (Fsp3) is 0.250. The van der Waals surface area contributed by atoms with Crippen molar-refractivity contribution in [3.63, 3.8) is 0 Å². The molecule has 0 bridgehead atoms. The molecule has 0 amide bonds. The molecule has 0 saturated heterocycles. The second kappa shape index (κ2) is 9.75. The highest BCUT2D eigenvalue weighted by Crippen LogP contribution is 2.30. The SMILES string of the molecule is CCOC(=O)c1cnc2ccc(OCC)nc2c1Nc1ccc(OC)cc1.Cl. The minimum atomic E-state index is -0.466. The lowest BCUT2D eigenvalue weighted by Crippen LogP contribution is -2.10. The molecule has 1 N–H and O–H groups in total. The van der Waals surface area contributed by atoms with Gasteiger partial charge < -0.3 is 19.5 Å². The molecule has 3 aromatic rings. The number of esters is 1. The zero-order valence-corrected chi connectivity index (χ0v) is 16.7. The van der Waals surface area contributed by atoms with Gasteiger partial charge >= 0.3 is 5.97 Å². The average Bonchev–Trinajstić information content (AvgIpc) is 2.69. The maximum atomic E-state index is 12.4. The lowest BCUT2D eigenvalue weighted by atomic mass is 10.1. The van der Waals surface area contributed by atoms with E-state index in [1.807, 2.05) is 37.3 Å². The van der Waals surface area contributed by atoms with Gasteiger partial charge in [0.05, 0.1) is 31.5 Å². The number of pyridine rings is 2. The number of aromatic nitrogens is 2. The highest BCUT2D eigenvalue weighted by atomic mass is 35.5. The molecule has 0 unspecified atom stereocenters. The Morgan fingerprint density at radius 2 is 1.82 bits per heavy atom. The molecule has 28 heavy (non-hydrogen) atoms. The van der Waals surface area contributed by atoms with Crippen molar-refractivity contribution in [1.82, 2.24) is 9.97 Å². The first kappa shape index (κ1) is 21.2. The maximum Gasteiger partial charge on any atom is 0.341 e. The smallest absolute Gasteiger partial charge is 0.341 e. The Morgan fingerprint density at radius 1 is 1.07 bits per heavy atom. The van der Waals surface area contributed by atoms with Crippen LogP contribution in [0.2, 0.25) is 0 Å². The van der Waals surface area contributed by atoms with E-state index in [1.165, 1.54) is 6.20 Å². The molecule has 8 heteroatoms. The van der Waals surface area contributed by atoms with E-state index in [0.717, 1.165) is 11.4 Å². The normalized spacial score (nSPS) is 10.1. The summed E-state index contributed by atoms with van der Waals surface area (Å²) in [4.78, 5) is 21.3. The molecule has 2 aromatic heterocycles. The molecule has 0 spiro atoms. The van der Waals surface area contributed by atoms with Gasteiger partial charge in [0.15, 0.2) is 0 Å². The number of rotatable bonds is 7. The van der Waals surface area contributed by atoms with Gasteiger partial charge in [0.25, 0.3) is 0 Å². The third kappa shape index (κ3) is 4.61. The van der Waals surface area contributed by atoms with E-state index in [4.69, 9.17) is 14.2 Å². The Kier molecular flexibility index (Phi) is 7.40. The van der Waals surface area contributed by atoms with Crippen LogP contribution in [0.5, 0.6) is 11.6 Å². The molecule has 0 saturated carbocycles. The van der Waals surface area contributed by atoms with Gasteiger partial charge in [-0.25, -0.2) is 9.78 Å². The van der Waals surface area contributed by atoms with Crippen LogP contribution in [0.15, 0.2) is 42.6 Å². The quantitative estimate of drug-likeness (QED) is 0.586. The molecular weight excluding hydrogens is 382 g/mol. The van der Waals surface area contributed by atoms with Crippen LogP contribution in [0.4, 0.5) is 11.4 Å². The van der Waals surface area contributed by atoms with Crippen LogP contribution in [0.1, 0.15) is 24.2 Å². The molecule has 2 heterocycles. The van der Waals surface area contributed by atoms with Crippen molar-refractivity contribution in [3.8, 4) is 11.6 Å². The summed E-state index contributed by atoms with van der Waals surface area (Å²) in [7, 11) is 1.61. The summed E-state index contributed by atoms with van der Waals surface area (Å²) in [6.45, 7) is 4.40. The van der Waals surface area contributed by atoms with Crippen LogP contribution in [0.25, 0.3) is 11.0 Å². The van der Waals surface area contributed by atoms with Gasteiger partial charge in [-0.1, -0.05) is 0 Å². The number of benzene rings is 1. The van der Waals surface area contributed by atoms with Crippen molar-refractivity contribution in [2.45, 2.75) is 13.8 Å². The number of anilines is 2. The molecule has 0 radical (unpaired) electrons. The van der Waals surface area contributed by atoms with E-state index in [2.05, 4.69) is 15.3 Å². The summed E-state index contributed by atoms with van der Waals surface area (Å²) in [6, 6.07) is 10.9. The summed E-state index contributed by atoms with van der Waals surface area (Å²) in [5, 5.41) is 3.26. The van der Waals surface area contributed by atoms with Crippen LogP contribution in [-0.2, 0) is 4.74 Å². The van der Waals surface area contributed by atoms with Crippen LogP contribution in [0.3, 0.4) is 0 Å². The predicted molar refractivity (Wildman–Crippen MR) is 110 cm³/mol. The lowest BCUT2D eigenvalue weighted by molar-refractivity contribution is 0.0527. The third-order valence-electron chi connectivity index (χ3n) is 3.83. The summed E-state index contributed by atoms with van der Waals surface area (Å²) in [5.74, 6) is 0.736. The second-order valence-electron chi connectivity index (χ2n) is 5.57.